The van der Waals surface area contributed by atoms with Gasteiger partial charge in [-0.3, -0.25) is 4.90 Å². The molecular formula is C21H27N3O3S. The maximum atomic E-state index is 12.5. The summed E-state index contributed by atoms with van der Waals surface area (Å²) >= 11 is 1.75. The lowest BCUT2D eigenvalue weighted by atomic mass is 9.97. The van der Waals surface area contributed by atoms with Crippen LogP contribution in [0.5, 0.6) is 11.5 Å². The number of ether oxygens (including phenoxy) is 2. The summed E-state index contributed by atoms with van der Waals surface area (Å²) in [6.07, 6.45) is 2.43. The summed E-state index contributed by atoms with van der Waals surface area (Å²) in [6, 6.07) is 9.71. The molecule has 1 saturated heterocycles. The van der Waals surface area contributed by atoms with Crippen molar-refractivity contribution in [1.29, 1.82) is 0 Å². The molecule has 2 N–H and O–H groups in total. The summed E-state index contributed by atoms with van der Waals surface area (Å²) in [6.45, 7) is 6.14. The number of amides is 2. The predicted molar refractivity (Wildman–Crippen MR) is 111 cm³/mol. The number of nitrogens with zero attached hydrogens (tertiary/aromatic N) is 1. The number of piperidine rings is 1. The van der Waals surface area contributed by atoms with Gasteiger partial charge in [0.2, 0.25) is 0 Å². The van der Waals surface area contributed by atoms with E-state index in [4.69, 9.17) is 9.47 Å². The van der Waals surface area contributed by atoms with Gasteiger partial charge in [-0.15, -0.1) is 11.3 Å². The number of fused-ring (bicyclic) bond motifs is 1. The summed E-state index contributed by atoms with van der Waals surface area (Å²) in [5.41, 5.74) is 0.696. The van der Waals surface area contributed by atoms with Crippen molar-refractivity contribution in [2.24, 2.45) is 5.92 Å². The third-order valence-corrected chi connectivity index (χ3v) is 6.36. The molecule has 0 bridgehead atoms. The van der Waals surface area contributed by atoms with E-state index in [0.29, 0.717) is 36.9 Å². The van der Waals surface area contributed by atoms with Crippen molar-refractivity contribution in [2.45, 2.75) is 25.8 Å². The van der Waals surface area contributed by atoms with Gasteiger partial charge in [-0.05, 0) is 55.4 Å². The minimum absolute atomic E-state index is 0.205. The van der Waals surface area contributed by atoms with Crippen molar-refractivity contribution in [3.8, 4) is 11.5 Å². The zero-order chi connectivity index (χ0) is 19.3. The highest BCUT2D eigenvalue weighted by atomic mass is 32.1. The number of carbonyl (C=O) groups is 1. The number of thiophene rings is 1. The Bertz CT molecular complexity index is 788. The van der Waals surface area contributed by atoms with E-state index >= 15 is 0 Å². The van der Waals surface area contributed by atoms with Gasteiger partial charge in [-0.2, -0.15) is 0 Å². The topological polar surface area (TPSA) is 62.8 Å². The molecule has 2 aliphatic rings. The summed E-state index contributed by atoms with van der Waals surface area (Å²) < 4.78 is 11.1. The fraction of sp³-hybridized carbons (Fsp3) is 0.476. The van der Waals surface area contributed by atoms with Crippen LogP contribution in [0.2, 0.25) is 0 Å². The Balaban J connectivity index is 1.36. The van der Waals surface area contributed by atoms with E-state index in [0.717, 1.165) is 19.0 Å². The second-order valence-electron chi connectivity index (χ2n) is 7.44. The van der Waals surface area contributed by atoms with Gasteiger partial charge in [0.1, 0.15) is 13.2 Å². The van der Waals surface area contributed by atoms with Crippen molar-refractivity contribution < 1.29 is 14.3 Å². The number of hydrogen-bond donors (Lipinski definition) is 2. The van der Waals surface area contributed by atoms with E-state index in [1.165, 1.54) is 17.7 Å². The Morgan fingerprint density at radius 3 is 2.75 bits per heavy atom. The van der Waals surface area contributed by atoms with Crippen molar-refractivity contribution in [1.82, 2.24) is 10.2 Å². The zero-order valence-corrected chi connectivity index (χ0v) is 17.0. The first kappa shape index (κ1) is 19.1. The van der Waals surface area contributed by atoms with Gasteiger partial charge in [0, 0.05) is 23.2 Å². The van der Waals surface area contributed by atoms with Crippen LogP contribution >= 0.6 is 11.3 Å². The van der Waals surface area contributed by atoms with Crippen LogP contribution in [-0.4, -0.2) is 43.8 Å². The number of hydrogen-bond acceptors (Lipinski definition) is 5. The van der Waals surface area contributed by atoms with Crippen LogP contribution < -0.4 is 20.1 Å². The maximum absolute atomic E-state index is 12.5. The highest BCUT2D eigenvalue weighted by Gasteiger charge is 2.25. The molecule has 1 fully saturated rings. The van der Waals surface area contributed by atoms with E-state index in [1.54, 1.807) is 17.4 Å². The van der Waals surface area contributed by atoms with Gasteiger partial charge in [0.15, 0.2) is 11.5 Å². The summed E-state index contributed by atoms with van der Waals surface area (Å²) in [5, 5.41) is 8.05. The van der Waals surface area contributed by atoms with Gasteiger partial charge in [-0.25, -0.2) is 4.79 Å². The van der Waals surface area contributed by atoms with Crippen LogP contribution in [0.3, 0.4) is 0 Å². The molecule has 2 aromatic rings. The number of rotatable bonds is 5. The van der Waals surface area contributed by atoms with E-state index in [1.807, 2.05) is 12.1 Å². The largest absolute Gasteiger partial charge is 0.486 e. The molecule has 0 spiro atoms. The van der Waals surface area contributed by atoms with E-state index in [9.17, 15) is 4.79 Å². The number of likely N-dealkylation sites (tertiary alicyclic amines) is 1. The van der Waals surface area contributed by atoms with Crippen LogP contribution in [0.1, 0.15) is 30.7 Å². The molecule has 1 aromatic carbocycles. The average molecular weight is 402 g/mol. The van der Waals surface area contributed by atoms with E-state index in [2.05, 4.69) is 40.0 Å². The van der Waals surface area contributed by atoms with Gasteiger partial charge in [0.25, 0.3) is 0 Å². The van der Waals surface area contributed by atoms with E-state index in [-0.39, 0.29) is 12.1 Å². The Morgan fingerprint density at radius 2 is 2.00 bits per heavy atom. The Kier molecular flexibility index (Phi) is 6.02. The number of nitrogens with one attached hydrogen (secondary N) is 2. The summed E-state index contributed by atoms with van der Waals surface area (Å²) in [4.78, 5) is 16.3. The third kappa shape index (κ3) is 4.59. The molecule has 7 heteroatoms. The van der Waals surface area contributed by atoms with Crippen LogP contribution in [0.4, 0.5) is 10.5 Å². The fourth-order valence-electron chi connectivity index (χ4n) is 3.72. The second-order valence-corrected chi connectivity index (χ2v) is 8.42. The molecule has 4 rings (SSSR count). The SMILES string of the molecule is CC1CCN(C(CNC(=O)Nc2ccc3c(c2)OCCO3)c2cccs2)CC1. The molecule has 1 aromatic heterocycles. The van der Waals surface area contributed by atoms with Gasteiger partial charge in [-0.1, -0.05) is 13.0 Å². The lowest BCUT2D eigenvalue weighted by molar-refractivity contribution is 0.138. The smallest absolute Gasteiger partial charge is 0.319 e. The number of urea groups is 1. The van der Waals surface area contributed by atoms with Crippen LogP contribution in [0.15, 0.2) is 35.7 Å². The first-order chi connectivity index (χ1) is 13.7. The Hall–Kier alpha value is -2.25. The number of benzene rings is 1. The number of anilines is 1. The van der Waals surface area contributed by atoms with Gasteiger partial charge >= 0.3 is 6.03 Å². The maximum Gasteiger partial charge on any atom is 0.319 e. The molecule has 3 heterocycles. The highest BCUT2D eigenvalue weighted by Crippen LogP contribution is 2.33. The molecule has 150 valence electrons. The van der Waals surface area contributed by atoms with Crippen molar-refractivity contribution in [2.75, 3.05) is 38.2 Å². The predicted octanol–water partition coefficient (Wildman–Crippen LogP) is 4.11. The van der Waals surface area contributed by atoms with E-state index < -0.39 is 0 Å². The standard InChI is InChI=1S/C21H27N3O3S/c1-15-6-8-24(9-7-15)17(20-3-2-12-28-20)14-22-21(25)23-16-4-5-18-19(13-16)27-11-10-26-18/h2-5,12-13,15,17H,6-11,14H2,1H3,(H2,22,23,25). The summed E-state index contributed by atoms with van der Waals surface area (Å²) in [5.74, 6) is 2.17. The second kappa shape index (κ2) is 8.84. The number of carbonyl (C=O) groups excluding carboxylic acids is 1. The highest BCUT2D eigenvalue weighted by molar-refractivity contribution is 7.10. The van der Waals surface area contributed by atoms with Crippen molar-refractivity contribution in [3.05, 3.63) is 40.6 Å². The first-order valence-electron chi connectivity index (χ1n) is 9.91. The van der Waals surface area contributed by atoms with Crippen molar-refractivity contribution >= 4 is 23.1 Å². The lowest BCUT2D eigenvalue weighted by Gasteiger charge is -2.36. The van der Waals surface area contributed by atoms with Crippen LogP contribution in [-0.2, 0) is 0 Å². The minimum atomic E-state index is -0.205. The molecule has 1 unspecified atom stereocenters. The molecule has 2 amide bonds. The molecule has 1 atom stereocenters. The zero-order valence-electron chi connectivity index (χ0n) is 16.1. The minimum Gasteiger partial charge on any atom is -0.486 e. The lowest BCUT2D eigenvalue weighted by Crippen LogP contribution is -2.42. The van der Waals surface area contributed by atoms with Crippen molar-refractivity contribution in [3.63, 3.8) is 0 Å². The van der Waals surface area contributed by atoms with Crippen LogP contribution in [0, 0.1) is 5.92 Å². The monoisotopic (exact) mass is 401 g/mol. The Labute approximate surface area is 169 Å². The fourth-order valence-corrected chi connectivity index (χ4v) is 4.58. The van der Waals surface area contributed by atoms with Gasteiger partial charge < -0.3 is 20.1 Å². The molecule has 28 heavy (non-hydrogen) atoms. The quantitative estimate of drug-likeness (QED) is 0.791. The summed E-state index contributed by atoms with van der Waals surface area (Å²) in [7, 11) is 0. The average Bonchev–Trinajstić information content (AvgIpc) is 3.24. The van der Waals surface area contributed by atoms with Crippen LogP contribution in [0.25, 0.3) is 0 Å². The Morgan fingerprint density at radius 1 is 1.21 bits per heavy atom. The molecule has 2 aliphatic heterocycles. The third-order valence-electron chi connectivity index (χ3n) is 5.39. The normalized spacial score (nSPS) is 18.5. The van der Waals surface area contributed by atoms with Gasteiger partial charge in [0.05, 0.1) is 6.04 Å². The molecule has 0 radical (unpaired) electrons. The first-order valence-corrected chi connectivity index (χ1v) is 10.8. The molecular weight excluding hydrogens is 374 g/mol. The molecule has 6 nitrogen and oxygen atoms in total. The molecule has 0 aliphatic carbocycles. The molecule has 0 saturated carbocycles.